The van der Waals surface area contributed by atoms with E-state index in [-0.39, 0.29) is 33.6 Å². The molecular formula is C35H36Cl2FN3O5S. The number of nitrogens with zero attached hydrogens (tertiary/aromatic N) is 2. The summed E-state index contributed by atoms with van der Waals surface area (Å²) in [5.74, 6) is -1.23. The van der Waals surface area contributed by atoms with Crippen LogP contribution in [0.4, 0.5) is 10.1 Å². The molecule has 0 heterocycles. The van der Waals surface area contributed by atoms with Crippen LogP contribution in [-0.4, -0.2) is 50.9 Å². The second-order valence-electron chi connectivity index (χ2n) is 10.6. The number of halogens is 3. The maximum atomic E-state index is 14.5. The minimum Gasteiger partial charge on any atom is -0.494 e. The fourth-order valence-corrected chi connectivity index (χ4v) is 6.84. The van der Waals surface area contributed by atoms with Crippen molar-refractivity contribution in [2.45, 2.75) is 44.2 Å². The summed E-state index contributed by atoms with van der Waals surface area (Å²) in [4.78, 5) is 29.5. The number of carbonyl (C=O) groups is 2. The Kier molecular flexibility index (Phi) is 12.6. The first kappa shape index (κ1) is 35.7. The van der Waals surface area contributed by atoms with E-state index < -0.39 is 40.2 Å². The van der Waals surface area contributed by atoms with Crippen molar-refractivity contribution >= 4 is 50.7 Å². The molecule has 4 aromatic rings. The number of rotatable bonds is 15. The van der Waals surface area contributed by atoms with E-state index in [2.05, 4.69) is 5.32 Å². The normalized spacial score (nSPS) is 11.9. The Labute approximate surface area is 285 Å². The molecule has 0 saturated heterocycles. The van der Waals surface area contributed by atoms with Gasteiger partial charge in [-0.05, 0) is 79.6 Å². The van der Waals surface area contributed by atoms with Crippen molar-refractivity contribution in [3.8, 4) is 5.75 Å². The van der Waals surface area contributed by atoms with Crippen LogP contribution in [0, 0.1) is 5.82 Å². The minimum atomic E-state index is -4.38. The fourth-order valence-electron chi connectivity index (χ4n) is 4.91. The molecule has 4 rings (SSSR count). The number of benzene rings is 4. The van der Waals surface area contributed by atoms with E-state index >= 15 is 0 Å². The lowest BCUT2D eigenvalue weighted by Crippen LogP contribution is -2.53. The molecule has 4 aromatic carbocycles. The van der Waals surface area contributed by atoms with Crippen molar-refractivity contribution in [2.24, 2.45) is 0 Å². The largest absolute Gasteiger partial charge is 0.494 e. The molecule has 0 aromatic heterocycles. The highest BCUT2D eigenvalue weighted by molar-refractivity contribution is 7.92. The van der Waals surface area contributed by atoms with Gasteiger partial charge < -0.3 is 15.0 Å². The number of ether oxygens (including phenoxy) is 1. The Bertz CT molecular complexity index is 1740. The zero-order valence-electron chi connectivity index (χ0n) is 26.0. The number of sulfonamides is 1. The molecule has 2 amide bonds. The molecule has 1 atom stereocenters. The van der Waals surface area contributed by atoms with Gasteiger partial charge in [-0.15, -0.1) is 0 Å². The van der Waals surface area contributed by atoms with Gasteiger partial charge in [0.25, 0.3) is 10.0 Å². The van der Waals surface area contributed by atoms with Gasteiger partial charge in [-0.1, -0.05) is 66.5 Å². The number of anilines is 1. The lowest BCUT2D eigenvalue weighted by molar-refractivity contribution is -0.140. The monoisotopic (exact) mass is 699 g/mol. The summed E-state index contributed by atoms with van der Waals surface area (Å²) in [6, 6.07) is 23.6. The van der Waals surface area contributed by atoms with Gasteiger partial charge in [-0.2, -0.15) is 0 Å². The highest BCUT2D eigenvalue weighted by Gasteiger charge is 2.35. The van der Waals surface area contributed by atoms with Crippen molar-refractivity contribution in [3.63, 3.8) is 0 Å². The third kappa shape index (κ3) is 9.24. The predicted molar refractivity (Wildman–Crippen MR) is 183 cm³/mol. The molecule has 0 radical (unpaired) electrons. The van der Waals surface area contributed by atoms with Crippen LogP contribution in [-0.2, 0) is 32.6 Å². The summed E-state index contributed by atoms with van der Waals surface area (Å²) in [5, 5.41) is 3.44. The average Bonchev–Trinajstić information content (AvgIpc) is 3.06. The van der Waals surface area contributed by atoms with Crippen LogP contribution in [0.1, 0.15) is 31.4 Å². The summed E-state index contributed by atoms with van der Waals surface area (Å²) < 4.78 is 48.6. The number of amides is 2. The Morgan fingerprint density at radius 1 is 0.872 bits per heavy atom. The molecule has 1 N–H and O–H groups in total. The van der Waals surface area contributed by atoms with Gasteiger partial charge in [-0.25, -0.2) is 12.8 Å². The highest BCUT2D eigenvalue weighted by Crippen LogP contribution is 2.29. The first-order valence-electron chi connectivity index (χ1n) is 15.1. The van der Waals surface area contributed by atoms with E-state index in [1.165, 1.54) is 41.3 Å². The molecule has 0 bridgehead atoms. The summed E-state index contributed by atoms with van der Waals surface area (Å²) in [7, 11) is -4.38. The summed E-state index contributed by atoms with van der Waals surface area (Å²) in [5.41, 5.74) is 1.23. The van der Waals surface area contributed by atoms with E-state index in [4.69, 9.17) is 27.9 Å². The van der Waals surface area contributed by atoms with E-state index in [0.29, 0.717) is 30.9 Å². The van der Waals surface area contributed by atoms with Crippen molar-refractivity contribution in [3.05, 3.63) is 124 Å². The Morgan fingerprint density at radius 2 is 1.51 bits per heavy atom. The highest BCUT2D eigenvalue weighted by atomic mass is 35.5. The molecule has 0 aliphatic rings. The van der Waals surface area contributed by atoms with Crippen LogP contribution in [0.5, 0.6) is 5.75 Å². The number of hydrogen-bond acceptors (Lipinski definition) is 5. The summed E-state index contributed by atoms with van der Waals surface area (Å²) in [6.45, 7) is 3.58. The fraction of sp³-hybridized carbons (Fsp3) is 0.257. The second kappa shape index (κ2) is 16.6. The zero-order valence-corrected chi connectivity index (χ0v) is 28.4. The maximum Gasteiger partial charge on any atom is 0.264 e. The van der Waals surface area contributed by atoms with Crippen LogP contribution in [0.2, 0.25) is 10.0 Å². The first-order chi connectivity index (χ1) is 22.5. The van der Waals surface area contributed by atoms with Crippen LogP contribution in [0.25, 0.3) is 0 Å². The quantitative estimate of drug-likeness (QED) is 0.146. The Hall–Kier alpha value is -4.12. The smallest absolute Gasteiger partial charge is 0.264 e. The van der Waals surface area contributed by atoms with Gasteiger partial charge in [0.1, 0.15) is 24.2 Å². The van der Waals surface area contributed by atoms with Gasteiger partial charge in [0, 0.05) is 35.1 Å². The molecule has 0 unspecified atom stereocenters. The van der Waals surface area contributed by atoms with Gasteiger partial charge in [0.15, 0.2) is 0 Å². The van der Waals surface area contributed by atoms with E-state index in [9.17, 15) is 22.4 Å². The lowest BCUT2D eigenvalue weighted by Gasteiger charge is -2.34. The third-order valence-corrected chi connectivity index (χ3v) is 9.82. The number of hydrogen-bond donors (Lipinski definition) is 1. The molecule has 12 heteroatoms. The molecule has 0 aliphatic carbocycles. The third-order valence-electron chi connectivity index (χ3n) is 7.33. The molecule has 248 valence electrons. The molecular weight excluding hydrogens is 664 g/mol. The van der Waals surface area contributed by atoms with Gasteiger partial charge in [0.05, 0.1) is 17.2 Å². The first-order valence-corrected chi connectivity index (χ1v) is 17.3. The van der Waals surface area contributed by atoms with E-state index in [1.807, 2.05) is 44.2 Å². The molecule has 0 saturated carbocycles. The Morgan fingerprint density at radius 3 is 2.11 bits per heavy atom. The molecule has 47 heavy (non-hydrogen) atoms. The zero-order chi connectivity index (χ0) is 34.0. The number of nitrogens with one attached hydrogen (secondary N) is 1. The Balaban J connectivity index is 1.81. The minimum absolute atomic E-state index is 0.0550. The SMILES string of the molecule is CCCNC(=O)[C@@H](Cc1ccccc1)N(Cc1c(Cl)cccc1Cl)C(=O)CN(c1ccc(F)cc1)S(=O)(=O)c1ccc(OCC)cc1. The standard InChI is InChI=1S/C35H36Cl2FN3O5S/c1-3-21-39-35(43)33(22-25-9-6-5-7-10-25)40(23-30-31(36)11-8-12-32(30)37)34(42)24-41(27-15-13-26(38)14-16-27)47(44,45)29-19-17-28(18-20-29)46-4-2/h5-20,33H,3-4,21-24H2,1-2H3,(H,39,43)/t33-/m1/s1. The van der Waals surface area contributed by atoms with Crippen LogP contribution in [0.3, 0.4) is 0 Å². The van der Waals surface area contributed by atoms with E-state index in [0.717, 1.165) is 22.0 Å². The van der Waals surface area contributed by atoms with Crippen LogP contribution >= 0.6 is 23.2 Å². The maximum absolute atomic E-state index is 14.5. The van der Waals surface area contributed by atoms with Crippen molar-refractivity contribution in [2.75, 3.05) is 24.0 Å². The second-order valence-corrected chi connectivity index (χ2v) is 13.3. The summed E-state index contributed by atoms with van der Waals surface area (Å²) >= 11 is 13.1. The van der Waals surface area contributed by atoms with Gasteiger partial charge in [0.2, 0.25) is 11.8 Å². The topological polar surface area (TPSA) is 96.0 Å². The van der Waals surface area contributed by atoms with Crippen LogP contribution < -0.4 is 14.4 Å². The van der Waals surface area contributed by atoms with E-state index in [1.54, 1.807) is 18.2 Å². The van der Waals surface area contributed by atoms with Crippen LogP contribution in [0.15, 0.2) is 102 Å². The molecule has 0 fully saturated rings. The average molecular weight is 701 g/mol. The molecule has 0 spiro atoms. The van der Waals surface area contributed by atoms with Crippen molar-refractivity contribution in [1.29, 1.82) is 0 Å². The predicted octanol–water partition coefficient (Wildman–Crippen LogP) is 6.89. The number of carbonyl (C=O) groups excluding carboxylic acids is 2. The van der Waals surface area contributed by atoms with Crippen molar-refractivity contribution in [1.82, 2.24) is 10.2 Å². The lowest BCUT2D eigenvalue weighted by atomic mass is 10.0. The molecule has 0 aliphatic heterocycles. The summed E-state index contributed by atoms with van der Waals surface area (Å²) in [6.07, 6.45) is 0.791. The van der Waals surface area contributed by atoms with Gasteiger partial charge in [-0.3, -0.25) is 13.9 Å². The van der Waals surface area contributed by atoms with Crippen molar-refractivity contribution < 1.29 is 27.1 Å². The molecule has 8 nitrogen and oxygen atoms in total. The van der Waals surface area contributed by atoms with Gasteiger partial charge >= 0.3 is 0 Å².